The van der Waals surface area contributed by atoms with Crippen LogP contribution in [0.1, 0.15) is 31.4 Å². The van der Waals surface area contributed by atoms with Crippen molar-refractivity contribution in [2.24, 2.45) is 5.92 Å². The van der Waals surface area contributed by atoms with Gasteiger partial charge in [0.05, 0.1) is 13.0 Å². The smallest absolute Gasteiger partial charge is 0.241 e. The summed E-state index contributed by atoms with van der Waals surface area (Å²) in [5.74, 6) is 2.18. The molecule has 2 atom stereocenters. The Morgan fingerprint density at radius 3 is 2.55 bits per heavy atom. The van der Waals surface area contributed by atoms with Gasteiger partial charge in [0.15, 0.2) is 11.5 Å². The monoisotopic (exact) mass is 397 g/mol. The predicted octanol–water partition coefficient (Wildman–Crippen LogP) is 2.10. The van der Waals surface area contributed by atoms with Crippen molar-refractivity contribution in [2.45, 2.75) is 31.7 Å². The number of ether oxygens (including phenoxy) is 2. The first-order valence-corrected chi connectivity index (χ1v) is 10.1. The first kappa shape index (κ1) is 19.6. The second-order valence-corrected chi connectivity index (χ2v) is 7.52. The zero-order chi connectivity index (χ0) is 20.2. The van der Waals surface area contributed by atoms with Crippen LogP contribution in [0.2, 0.25) is 0 Å². The highest BCUT2D eigenvalue weighted by Gasteiger charge is 2.35. The highest BCUT2D eigenvalue weighted by Crippen LogP contribution is 2.36. The fourth-order valence-corrected chi connectivity index (χ4v) is 4.02. The summed E-state index contributed by atoms with van der Waals surface area (Å²) < 4.78 is 11.4. The Hall–Kier alpha value is -2.71. The Morgan fingerprint density at radius 1 is 1.14 bits per heavy atom. The maximum absolute atomic E-state index is 12.8. The summed E-state index contributed by atoms with van der Waals surface area (Å²) in [5.41, 5.74) is 7.03. The van der Waals surface area contributed by atoms with Crippen LogP contribution in [0.4, 0.5) is 0 Å². The molecule has 8 nitrogen and oxygen atoms in total. The molecule has 2 saturated heterocycles. The number of para-hydroxylation sites is 2. The van der Waals surface area contributed by atoms with Crippen LogP contribution in [0.15, 0.2) is 36.7 Å². The molecule has 0 bridgehead atoms. The molecular weight excluding hydrogens is 370 g/mol. The fraction of sp³-hybridized carbons (Fsp3) is 0.476. The maximum atomic E-state index is 12.8. The van der Waals surface area contributed by atoms with Crippen LogP contribution in [-0.4, -0.2) is 53.6 Å². The Balaban J connectivity index is 1.44. The lowest BCUT2D eigenvalue weighted by Gasteiger charge is -2.34. The lowest BCUT2D eigenvalue weighted by Crippen LogP contribution is -2.44. The number of nitrogens with one attached hydrogen (secondary N) is 2. The number of hydrogen-bond acceptors (Lipinski definition) is 7. The first-order chi connectivity index (χ1) is 14.2. The molecule has 2 aromatic rings. The lowest BCUT2D eigenvalue weighted by molar-refractivity contribution is -0.136. The van der Waals surface area contributed by atoms with E-state index in [1.54, 1.807) is 19.5 Å². The van der Waals surface area contributed by atoms with Gasteiger partial charge in [-0.25, -0.2) is 4.98 Å². The summed E-state index contributed by atoms with van der Waals surface area (Å²) in [5, 5.41) is 0. The molecule has 4 rings (SSSR count). The summed E-state index contributed by atoms with van der Waals surface area (Å²) in [4.78, 5) is 23.8. The number of carbonyl (C=O) groups is 1. The van der Waals surface area contributed by atoms with Gasteiger partial charge in [0, 0.05) is 44.0 Å². The lowest BCUT2D eigenvalue weighted by atomic mass is 9.92. The van der Waals surface area contributed by atoms with Crippen molar-refractivity contribution in [3.63, 3.8) is 0 Å². The van der Waals surface area contributed by atoms with Crippen molar-refractivity contribution < 1.29 is 14.3 Å². The van der Waals surface area contributed by atoms with E-state index in [0.29, 0.717) is 23.9 Å². The predicted molar refractivity (Wildman–Crippen MR) is 108 cm³/mol. The van der Waals surface area contributed by atoms with Gasteiger partial charge >= 0.3 is 0 Å². The third-order valence-corrected chi connectivity index (χ3v) is 5.73. The van der Waals surface area contributed by atoms with E-state index in [-0.39, 0.29) is 23.8 Å². The molecule has 0 aliphatic carbocycles. The average molecular weight is 397 g/mol. The van der Waals surface area contributed by atoms with E-state index in [1.807, 2.05) is 36.1 Å². The number of aromatic nitrogens is 2. The van der Waals surface area contributed by atoms with Crippen molar-refractivity contribution in [1.29, 1.82) is 0 Å². The molecule has 2 aliphatic rings. The van der Waals surface area contributed by atoms with Crippen LogP contribution >= 0.6 is 0 Å². The van der Waals surface area contributed by atoms with Gasteiger partial charge in [0.2, 0.25) is 11.8 Å². The van der Waals surface area contributed by atoms with Crippen molar-refractivity contribution in [3.05, 3.63) is 42.4 Å². The van der Waals surface area contributed by atoms with Crippen LogP contribution in [-0.2, 0) is 4.79 Å². The van der Waals surface area contributed by atoms with Gasteiger partial charge in [0.1, 0.15) is 5.69 Å². The van der Waals surface area contributed by atoms with Gasteiger partial charge < -0.3 is 14.4 Å². The molecule has 2 N–H and O–H groups in total. The average Bonchev–Trinajstić information content (AvgIpc) is 3.20. The summed E-state index contributed by atoms with van der Waals surface area (Å²) in [6, 6.07) is 7.64. The molecule has 0 radical (unpaired) electrons. The largest absolute Gasteiger partial charge is 0.493 e. The molecule has 0 spiro atoms. The minimum atomic E-state index is -0.00694. The number of carbonyl (C=O) groups excluding carboxylic acids is 1. The number of likely N-dealkylation sites (tertiary alicyclic amines) is 1. The third kappa shape index (κ3) is 4.18. The van der Waals surface area contributed by atoms with Gasteiger partial charge in [-0.2, -0.15) is 0 Å². The van der Waals surface area contributed by atoms with E-state index in [2.05, 4.69) is 20.8 Å². The molecule has 29 heavy (non-hydrogen) atoms. The van der Waals surface area contributed by atoms with Gasteiger partial charge in [-0.05, 0) is 31.9 Å². The molecule has 0 saturated carbocycles. The Morgan fingerprint density at radius 2 is 1.86 bits per heavy atom. The third-order valence-electron chi connectivity index (χ3n) is 5.73. The first-order valence-electron chi connectivity index (χ1n) is 10.1. The quantitative estimate of drug-likeness (QED) is 0.799. The van der Waals surface area contributed by atoms with Crippen LogP contribution in [0.25, 0.3) is 0 Å². The molecule has 2 aliphatic heterocycles. The molecule has 1 aromatic heterocycles. The zero-order valence-electron chi connectivity index (χ0n) is 16.8. The second kappa shape index (κ2) is 8.75. The summed E-state index contributed by atoms with van der Waals surface area (Å²) in [6.07, 6.45) is 5.01. The number of benzene rings is 1. The summed E-state index contributed by atoms with van der Waals surface area (Å²) >= 11 is 0. The molecule has 2 unspecified atom stereocenters. The van der Waals surface area contributed by atoms with E-state index in [0.717, 1.165) is 31.6 Å². The number of nitrogens with zero attached hydrogens (tertiary/aromatic N) is 3. The van der Waals surface area contributed by atoms with Gasteiger partial charge in [0.25, 0.3) is 0 Å². The Bertz CT molecular complexity index is 854. The molecule has 154 valence electrons. The minimum Gasteiger partial charge on any atom is -0.493 e. The van der Waals surface area contributed by atoms with E-state index in [4.69, 9.17) is 9.47 Å². The molecular formula is C21H27N5O3. The van der Waals surface area contributed by atoms with E-state index >= 15 is 0 Å². The van der Waals surface area contributed by atoms with Crippen molar-refractivity contribution in [3.8, 4) is 17.4 Å². The fourth-order valence-electron chi connectivity index (χ4n) is 4.02. The number of hydrazine groups is 1. The van der Waals surface area contributed by atoms with Crippen molar-refractivity contribution in [1.82, 2.24) is 25.7 Å². The normalized spacial score (nSPS) is 22.5. The molecule has 3 heterocycles. The highest BCUT2D eigenvalue weighted by atomic mass is 16.5. The van der Waals surface area contributed by atoms with Gasteiger partial charge in [-0.3, -0.25) is 20.6 Å². The van der Waals surface area contributed by atoms with Crippen LogP contribution < -0.4 is 20.3 Å². The van der Waals surface area contributed by atoms with E-state index < -0.39 is 0 Å². The molecule has 2 fully saturated rings. The number of methoxy groups -OCH3 is 1. The van der Waals surface area contributed by atoms with Gasteiger partial charge in [-0.15, -0.1) is 0 Å². The Labute approximate surface area is 170 Å². The second-order valence-electron chi connectivity index (χ2n) is 7.52. The highest BCUT2D eigenvalue weighted by molar-refractivity contribution is 5.80. The number of rotatable bonds is 5. The molecule has 1 amide bonds. The summed E-state index contributed by atoms with van der Waals surface area (Å²) in [6.45, 7) is 4.16. The number of amides is 1. The van der Waals surface area contributed by atoms with Crippen LogP contribution in [0.3, 0.4) is 0 Å². The van der Waals surface area contributed by atoms with Crippen molar-refractivity contribution >= 4 is 5.91 Å². The van der Waals surface area contributed by atoms with Crippen LogP contribution in [0, 0.1) is 5.92 Å². The van der Waals surface area contributed by atoms with Crippen LogP contribution in [0.5, 0.6) is 17.4 Å². The topological polar surface area (TPSA) is 88.6 Å². The Kier molecular flexibility index (Phi) is 5.92. The zero-order valence-corrected chi connectivity index (χ0v) is 16.8. The van der Waals surface area contributed by atoms with E-state index in [9.17, 15) is 4.79 Å². The molecule has 8 heteroatoms. The van der Waals surface area contributed by atoms with Crippen molar-refractivity contribution in [2.75, 3.05) is 26.7 Å². The molecule has 1 aromatic carbocycles. The summed E-state index contributed by atoms with van der Waals surface area (Å²) in [7, 11) is 1.61. The van der Waals surface area contributed by atoms with E-state index in [1.165, 1.54) is 0 Å². The number of hydrogen-bond donors (Lipinski definition) is 2. The SMILES string of the molecule is COc1ccccc1Oc1nccnc1C1CCN(C(=O)C2CNNC2C)CC1. The number of piperidine rings is 1. The maximum Gasteiger partial charge on any atom is 0.241 e. The van der Waals surface area contributed by atoms with Gasteiger partial charge in [-0.1, -0.05) is 12.1 Å². The standard InChI is InChI=1S/C21H27N5O3/c1-14-16(13-24-25-14)21(27)26-11-7-15(8-12-26)19-20(23-10-9-22-19)29-18-6-4-3-5-17(18)28-2/h3-6,9-10,14-16,24-25H,7-8,11-13H2,1-2H3. The minimum absolute atomic E-state index is 0.00694.